The Morgan fingerprint density at radius 1 is 1.18 bits per heavy atom. The lowest BCUT2D eigenvalue weighted by molar-refractivity contribution is -0.137. The molecule has 4 aromatic rings. The summed E-state index contributed by atoms with van der Waals surface area (Å²) in [5, 5.41) is 0. The number of hydrogen-bond donors (Lipinski definition) is 1. The first kappa shape index (κ1) is 20.6. The molecular formula is C22H16F4N6O2. The summed E-state index contributed by atoms with van der Waals surface area (Å²) < 4.78 is 61.4. The maximum absolute atomic E-state index is 14.6. The number of pyridine rings is 1. The van der Waals surface area contributed by atoms with Crippen molar-refractivity contribution >= 4 is 28.3 Å². The minimum Gasteiger partial charge on any atom is -0.487 e. The third-order valence-electron chi connectivity index (χ3n) is 6.25. The van der Waals surface area contributed by atoms with E-state index >= 15 is 0 Å². The molecule has 1 aromatic carbocycles. The lowest BCUT2D eigenvalue weighted by Crippen LogP contribution is -2.49. The van der Waals surface area contributed by atoms with Gasteiger partial charge in [0.2, 0.25) is 0 Å². The molecule has 0 bridgehead atoms. The molecule has 5 heterocycles. The molecule has 34 heavy (non-hydrogen) atoms. The molecule has 3 atom stereocenters. The average molecular weight is 472 g/mol. The van der Waals surface area contributed by atoms with Gasteiger partial charge in [0, 0.05) is 12.0 Å². The fraction of sp³-hybridized carbons (Fsp3) is 0.273. The van der Waals surface area contributed by atoms with E-state index in [2.05, 4.69) is 15.0 Å². The summed E-state index contributed by atoms with van der Waals surface area (Å²) >= 11 is 0. The third-order valence-corrected chi connectivity index (χ3v) is 6.25. The Kier molecular flexibility index (Phi) is 4.26. The van der Waals surface area contributed by atoms with E-state index in [1.807, 2.05) is 0 Å². The van der Waals surface area contributed by atoms with E-state index in [4.69, 9.17) is 10.5 Å². The van der Waals surface area contributed by atoms with Crippen molar-refractivity contribution in [1.82, 2.24) is 24.3 Å². The number of anilines is 1. The normalized spacial score (nSPS) is 22.0. The van der Waals surface area contributed by atoms with Crippen LogP contribution in [0.25, 0.3) is 16.6 Å². The number of rotatable bonds is 1. The summed E-state index contributed by atoms with van der Waals surface area (Å²) in [6.45, 7) is -0.232. The van der Waals surface area contributed by atoms with Crippen molar-refractivity contribution in [2.45, 2.75) is 30.9 Å². The zero-order valence-corrected chi connectivity index (χ0v) is 17.3. The molecule has 2 aliphatic rings. The highest BCUT2D eigenvalue weighted by Crippen LogP contribution is 2.47. The molecule has 0 spiro atoms. The standard InChI is InChI=1S/C22H16F4N6O2/c23-11-4-18-19(12-2-1-10(22(24,25)26)3-17(12)34-18)31(8-11)21(33)13-5-15-14(6-29-13)30-20(27)16-7-28-9-32(15)16/h1-3,5-7,9,11,18-19H,4,8H2,(H2,27,30)/t11-,18+,19+/m1/s1. The van der Waals surface area contributed by atoms with Crippen LogP contribution in [0.2, 0.25) is 0 Å². The number of amides is 1. The number of carbonyl (C=O) groups is 1. The van der Waals surface area contributed by atoms with Crippen molar-refractivity contribution in [2.24, 2.45) is 0 Å². The maximum atomic E-state index is 14.6. The second-order valence-electron chi connectivity index (χ2n) is 8.35. The highest BCUT2D eigenvalue weighted by molar-refractivity contribution is 5.96. The van der Waals surface area contributed by atoms with Crippen molar-refractivity contribution in [3.05, 3.63) is 59.8 Å². The molecule has 2 N–H and O–H groups in total. The minimum absolute atomic E-state index is 0.00277. The summed E-state index contributed by atoms with van der Waals surface area (Å²) in [6.07, 6.45) is -2.32. The van der Waals surface area contributed by atoms with Crippen LogP contribution in [0.5, 0.6) is 5.75 Å². The fourth-order valence-electron chi connectivity index (χ4n) is 4.74. The molecule has 0 radical (unpaired) electrons. The number of carbonyl (C=O) groups excluding carboxylic acids is 1. The van der Waals surface area contributed by atoms with Crippen molar-refractivity contribution in [3.63, 3.8) is 0 Å². The Hall–Kier alpha value is -3.96. The number of nitrogens with zero attached hydrogens (tertiary/aromatic N) is 5. The Morgan fingerprint density at radius 3 is 2.79 bits per heavy atom. The molecule has 12 heteroatoms. The molecule has 0 unspecified atom stereocenters. The molecule has 1 fully saturated rings. The molecule has 2 aliphatic heterocycles. The molecule has 0 saturated carbocycles. The predicted molar refractivity (Wildman–Crippen MR) is 112 cm³/mol. The number of hydrogen-bond acceptors (Lipinski definition) is 6. The number of benzene rings is 1. The third kappa shape index (κ3) is 3.05. The number of fused-ring (bicyclic) bond motifs is 6. The molecular weight excluding hydrogens is 456 g/mol. The maximum Gasteiger partial charge on any atom is 0.416 e. The van der Waals surface area contributed by atoms with Crippen LogP contribution in [0.3, 0.4) is 0 Å². The molecule has 8 nitrogen and oxygen atoms in total. The Morgan fingerprint density at radius 2 is 2.00 bits per heavy atom. The summed E-state index contributed by atoms with van der Waals surface area (Å²) in [5.41, 5.74) is 7.03. The van der Waals surface area contributed by atoms with Crippen LogP contribution in [0.4, 0.5) is 23.4 Å². The highest BCUT2D eigenvalue weighted by atomic mass is 19.4. The fourth-order valence-corrected chi connectivity index (χ4v) is 4.74. The summed E-state index contributed by atoms with van der Waals surface area (Å²) in [6, 6.07) is 3.90. The van der Waals surface area contributed by atoms with Crippen molar-refractivity contribution < 1.29 is 27.1 Å². The lowest BCUT2D eigenvalue weighted by Gasteiger charge is -2.38. The largest absolute Gasteiger partial charge is 0.487 e. The van der Waals surface area contributed by atoms with Gasteiger partial charge in [-0.2, -0.15) is 13.2 Å². The number of ether oxygens (including phenoxy) is 1. The molecule has 0 aliphatic carbocycles. The molecule has 6 rings (SSSR count). The van der Waals surface area contributed by atoms with Crippen LogP contribution in [-0.4, -0.2) is 49.0 Å². The van der Waals surface area contributed by atoms with Crippen LogP contribution >= 0.6 is 0 Å². The topological polar surface area (TPSA) is 98.6 Å². The quantitative estimate of drug-likeness (QED) is 0.426. The number of alkyl halides is 4. The van der Waals surface area contributed by atoms with Gasteiger partial charge in [-0.05, 0) is 18.2 Å². The van der Waals surface area contributed by atoms with Crippen LogP contribution in [-0.2, 0) is 6.18 Å². The van der Waals surface area contributed by atoms with E-state index in [1.54, 1.807) is 4.40 Å². The smallest absolute Gasteiger partial charge is 0.416 e. The zero-order chi connectivity index (χ0) is 23.8. The van der Waals surface area contributed by atoms with Crippen LogP contribution in [0.15, 0.2) is 43.0 Å². The second-order valence-corrected chi connectivity index (χ2v) is 8.35. The number of imidazole rings is 1. The number of nitrogen functional groups attached to an aromatic ring is 1. The second kappa shape index (κ2) is 7.02. The van der Waals surface area contributed by atoms with Gasteiger partial charge in [0.1, 0.15) is 40.6 Å². The van der Waals surface area contributed by atoms with Crippen molar-refractivity contribution in [2.75, 3.05) is 12.3 Å². The Bertz CT molecular complexity index is 1470. The van der Waals surface area contributed by atoms with E-state index in [1.165, 1.54) is 35.8 Å². The van der Waals surface area contributed by atoms with Crippen molar-refractivity contribution in [1.29, 1.82) is 0 Å². The summed E-state index contributed by atoms with van der Waals surface area (Å²) in [7, 11) is 0. The number of nitrogens with two attached hydrogens (primary N) is 1. The van der Waals surface area contributed by atoms with Crippen LogP contribution in [0.1, 0.15) is 34.1 Å². The average Bonchev–Trinajstić information content (AvgIpc) is 3.42. The lowest BCUT2D eigenvalue weighted by atomic mass is 9.92. The van der Waals surface area contributed by atoms with E-state index in [0.29, 0.717) is 22.1 Å². The molecule has 174 valence electrons. The van der Waals surface area contributed by atoms with Gasteiger partial charge >= 0.3 is 6.18 Å². The molecule has 1 saturated heterocycles. The number of piperidine rings is 1. The highest BCUT2D eigenvalue weighted by Gasteiger charge is 2.47. The zero-order valence-electron chi connectivity index (χ0n) is 17.3. The van der Waals surface area contributed by atoms with Crippen LogP contribution < -0.4 is 10.5 Å². The van der Waals surface area contributed by atoms with Gasteiger partial charge in [-0.1, -0.05) is 6.07 Å². The van der Waals surface area contributed by atoms with Gasteiger partial charge in [0.25, 0.3) is 5.91 Å². The van der Waals surface area contributed by atoms with Gasteiger partial charge in [-0.25, -0.2) is 19.3 Å². The number of aromatic nitrogens is 4. The molecule has 3 aromatic heterocycles. The SMILES string of the molecule is Nc1nc2cnc(C(=O)N3C[C@H](F)C[C@@H]4Oc5cc(C(F)(F)F)ccc5[C@@H]43)cc2n2cncc12. The van der Waals surface area contributed by atoms with Crippen LogP contribution in [0, 0.1) is 0 Å². The Balaban J connectivity index is 1.41. The first-order valence-electron chi connectivity index (χ1n) is 10.4. The van der Waals surface area contributed by atoms with E-state index in [9.17, 15) is 22.4 Å². The first-order valence-corrected chi connectivity index (χ1v) is 10.4. The van der Waals surface area contributed by atoms with E-state index < -0.39 is 36.0 Å². The van der Waals surface area contributed by atoms with Crippen molar-refractivity contribution in [3.8, 4) is 5.75 Å². The monoisotopic (exact) mass is 472 g/mol. The Labute approximate surface area is 189 Å². The summed E-state index contributed by atoms with van der Waals surface area (Å²) in [4.78, 5) is 27.3. The van der Waals surface area contributed by atoms with Gasteiger partial charge in [-0.15, -0.1) is 0 Å². The first-order chi connectivity index (χ1) is 16.2. The van der Waals surface area contributed by atoms with E-state index in [-0.39, 0.29) is 30.2 Å². The van der Waals surface area contributed by atoms with E-state index in [0.717, 1.165) is 12.1 Å². The predicted octanol–water partition coefficient (Wildman–Crippen LogP) is 3.56. The minimum atomic E-state index is -4.55. The van der Waals surface area contributed by atoms with Gasteiger partial charge < -0.3 is 15.4 Å². The van der Waals surface area contributed by atoms with Gasteiger partial charge in [0.15, 0.2) is 0 Å². The summed E-state index contributed by atoms with van der Waals surface area (Å²) in [5.74, 6) is -0.313. The number of likely N-dealkylation sites (tertiary alicyclic amines) is 1. The van der Waals surface area contributed by atoms with Gasteiger partial charge in [0.05, 0.1) is 42.4 Å². The molecule has 1 amide bonds. The number of halogens is 4. The van der Waals surface area contributed by atoms with Gasteiger partial charge in [-0.3, -0.25) is 9.20 Å².